The summed E-state index contributed by atoms with van der Waals surface area (Å²) in [5.41, 5.74) is 1.74. The molecule has 0 unspecified atom stereocenters. The lowest BCUT2D eigenvalue weighted by Crippen LogP contribution is -1.86. The van der Waals surface area contributed by atoms with Gasteiger partial charge in [-0.2, -0.15) is 0 Å². The molecule has 2 heterocycles. The molecule has 2 aromatic heterocycles. The van der Waals surface area contributed by atoms with Crippen LogP contribution in [0.4, 0.5) is 0 Å². The van der Waals surface area contributed by atoms with Crippen molar-refractivity contribution in [1.29, 1.82) is 0 Å². The minimum atomic E-state index is 0.841. The van der Waals surface area contributed by atoms with Crippen molar-refractivity contribution in [1.82, 2.24) is 15.0 Å². The van der Waals surface area contributed by atoms with Crippen LogP contribution < -0.4 is 0 Å². The van der Waals surface area contributed by atoms with Gasteiger partial charge in [0.25, 0.3) is 0 Å². The van der Waals surface area contributed by atoms with E-state index in [1.54, 1.807) is 18.6 Å². The average Bonchev–Trinajstić information content (AvgIpc) is 2.04. The molecule has 0 radical (unpaired) electrons. The van der Waals surface area contributed by atoms with Crippen LogP contribution in [0.5, 0.6) is 0 Å². The standard InChI is InChI=1S/C7H4IN3/c8-7-4-10-6-3-9-2-1-5(6)11-7/h1-4H. The van der Waals surface area contributed by atoms with Gasteiger partial charge in [0, 0.05) is 6.20 Å². The highest BCUT2D eigenvalue weighted by Gasteiger charge is 1.94. The van der Waals surface area contributed by atoms with Crippen molar-refractivity contribution in [2.75, 3.05) is 0 Å². The van der Waals surface area contributed by atoms with Crippen molar-refractivity contribution < 1.29 is 0 Å². The van der Waals surface area contributed by atoms with Crippen molar-refractivity contribution in [2.45, 2.75) is 0 Å². The Hall–Kier alpha value is -0.780. The molecule has 0 N–H and O–H groups in total. The molecule has 0 aromatic carbocycles. The zero-order chi connectivity index (χ0) is 7.68. The summed E-state index contributed by atoms with van der Waals surface area (Å²) >= 11 is 2.13. The van der Waals surface area contributed by atoms with E-state index in [0.29, 0.717) is 0 Å². The van der Waals surface area contributed by atoms with E-state index in [2.05, 4.69) is 37.5 Å². The predicted molar refractivity (Wildman–Crippen MR) is 50.1 cm³/mol. The molecular formula is C7H4IN3. The number of aromatic nitrogens is 3. The molecule has 0 saturated heterocycles. The normalized spacial score (nSPS) is 10.3. The largest absolute Gasteiger partial charge is 0.262 e. The van der Waals surface area contributed by atoms with E-state index < -0.39 is 0 Å². The molecule has 0 saturated carbocycles. The Labute approximate surface area is 77.0 Å². The topological polar surface area (TPSA) is 38.7 Å². The number of pyridine rings is 1. The van der Waals surface area contributed by atoms with Crippen LogP contribution >= 0.6 is 22.6 Å². The number of hydrogen-bond donors (Lipinski definition) is 0. The van der Waals surface area contributed by atoms with E-state index in [1.807, 2.05) is 6.07 Å². The van der Waals surface area contributed by atoms with Gasteiger partial charge in [0.15, 0.2) is 0 Å². The van der Waals surface area contributed by atoms with Crippen molar-refractivity contribution in [3.05, 3.63) is 28.4 Å². The fourth-order valence-electron chi connectivity index (χ4n) is 0.840. The molecule has 0 bridgehead atoms. The van der Waals surface area contributed by atoms with E-state index in [1.165, 1.54) is 0 Å². The Kier molecular flexibility index (Phi) is 1.69. The van der Waals surface area contributed by atoms with E-state index >= 15 is 0 Å². The van der Waals surface area contributed by atoms with E-state index in [9.17, 15) is 0 Å². The first-order valence-electron chi connectivity index (χ1n) is 3.08. The van der Waals surface area contributed by atoms with Crippen LogP contribution in [0.3, 0.4) is 0 Å². The summed E-state index contributed by atoms with van der Waals surface area (Å²) in [6.07, 6.45) is 5.15. The van der Waals surface area contributed by atoms with Gasteiger partial charge in [0.1, 0.15) is 9.22 Å². The maximum Gasteiger partial charge on any atom is 0.120 e. The zero-order valence-electron chi connectivity index (χ0n) is 5.53. The van der Waals surface area contributed by atoms with Gasteiger partial charge in [0.2, 0.25) is 0 Å². The second-order valence-corrected chi connectivity index (χ2v) is 3.16. The molecular weight excluding hydrogens is 253 g/mol. The molecule has 3 nitrogen and oxygen atoms in total. The summed E-state index contributed by atoms with van der Waals surface area (Å²) in [6.45, 7) is 0. The Bertz CT molecular complexity index is 388. The molecule has 0 aliphatic rings. The molecule has 0 fully saturated rings. The molecule has 0 atom stereocenters. The molecule has 0 amide bonds. The van der Waals surface area contributed by atoms with E-state index in [4.69, 9.17) is 0 Å². The summed E-state index contributed by atoms with van der Waals surface area (Å²) in [5.74, 6) is 0. The first-order chi connectivity index (χ1) is 5.36. The minimum Gasteiger partial charge on any atom is -0.262 e. The quantitative estimate of drug-likeness (QED) is 0.673. The van der Waals surface area contributed by atoms with Gasteiger partial charge in [-0.25, -0.2) is 4.98 Å². The van der Waals surface area contributed by atoms with Crippen LogP contribution in [0.2, 0.25) is 0 Å². The summed E-state index contributed by atoms with van der Waals surface area (Å²) < 4.78 is 0.904. The molecule has 0 aliphatic carbocycles. The summed E-state index contributed by atoms with van der Waals surface area (Å²) in [5, 5.41) is 0. The fourth-order valence-corrected chi connectivity index (χ4v) is 1.24. The van der Waals surface area contributed by atoms with Crippen LogP contribution in [0.25, 0.3) is 11.0 Å². The van der Waals surface area contributed by atoms with Gasteiger partial charge in [-0.05, 0) is 28.7 Å². The van der Waals surface area contributed by atoms with Crippen molar-refractivity contribution in [3.63, 3.8) is 0 Å². The van der Waals surface area contributed by atoms with Crippen LogP contribution in [-0.2, 0) is 0 Å². The van der Waals surface area contributed by atoms with Crippen molar-refractivity contribution in [3.8, 4) is 0 Å². The number of rotatable bonds is 0. The second-order valence-electron chi connectivity index (χ2n) is 2.06. The molecule has 54 valence electrons. The highest BCUT2D eigenvalue weighted by molar-refractivity contribution is 14.1. The number of fused-ring (bicyclic) bond motifs is 1. The van der Waals surface area contributed by atoms with Gasteiger partial charge >= 0.3 is 0 Å². The monoisotopic (exact) mass is 257 g/mol. The van der Waals surface area contributed by atoms with Crippen LogP contribution in [0, 0.1) is 3.70 Å². The number of hydrogen-bond acceptors (Lipinski definition) is 3. The highest BCUT2D eigenvalue weighted by atomic mass is 127. The van der Waals surface area contributed by atoms with Gasteiger partial charge in [-0.1, -0.05) is 0 Å². The average molecular weight is 257 g/mol. The van der Waals surface area contributed by atoms with Gasteiger partial charge < -0.3 is 0 Å². The fraction of sp³-hybridized carbons (Fsp3) is 0. The maximum atomic E-state index is 4.26. The SMILES string of the molecule is Ic1cnc2cnccc2n1. The van der Waals surface area contributed by atoms with Crippen molar-refractivity contribution in [2.24, 2.45) is 0 Å². The number of halogens is 1. The second kappa shape index (κ2) is 2.69. The lowest BCUT2D eigenvalue weighted by atomic mass is 10.4. The highest BCUT2D eigenvalue weighted by Crippen LogP contribution is 2.07. The van der Waals surface area contributed by atoms with Crippen LogP contribution in [-0.4, -0.2) is 15.0 Å². The third kappa shape index (κ3) is 1.30. The van der Waals surface area contributed by atoms with Crippen LogP contribution in [0.1, 0.15) is 0 Å². The number of nitrogens with zero attached hydrogens (tertiary/aromatic N) is 3. The lowest BCUT2D eigenvalue weighted by Gasteiger charge is -1.93. The Morgan fingerprint density at radius 2 is 2.09 bits per heavy atom. The minimum absolute atomic E-state index is 0.841. The molecule has 2 aromatic rings. The summed E-state index contributed by atoms with van der Waals surface area (Å²) in [6, 6.07) is 1.85. The van der Waals surface area contributed by atoms with Gasteiger partial charge in [-0.3, -0.25) is 9.97 Å². The summed E-state index contributed by atoms with van der Waals surface area (Å²) in [4.78, 5) is 12.3. The predicted octanol–water partition coefficient (Wildman–Crippen LogP) is 1.63. The Balaban J connectivity index is 2.83. The first-order valence-corrected chi connectivity index (χ1v) is 4.16. The van der Waals surface area contributed by atoms with Gasteiger partial charge in [-0.15, -0.1) is 0 Å². The van der Waals surface area contributed by atoms with Gasteiger partial charge in [0.05, 0.1) is 17.9 Å². The molecule has 2 rings (SSSR count). The zero-order valence-corrected chi connectivity index (χ0v) is 7.69. The molecule has 0 aliphatic heterocycles. The van der Waals surface area contributed by atoms with E-state index in [0.717, 1.165) is 14.7 Å². The van der Waals surface area contributed by atoms with E-state index in [-0.39, 0.29) is 0 Å². The molecule has 0 spiro atoms. The van der Waals surface area contributed by atoms with Crippen molar-refractivity contribution >= 4 is 33.6 Å². The first kappa shape index (κ1) is 6.90. The molecule has 11 heavy (non-hydrogen) atoms. The third-order valence-electron chi connectivity index (χ3n) is 1.32. The molecule has 4 heteroatoms. The summed E-state index contributed by atoms with van der Waals surface area (Å²) in [7, 11) is 0. The third-order valence-corrected chi connectivity index (χ3v) is 1.83. The smallest absolute Gasteiger partial charge is 0.120 e. The Morgan fingerprint density at radius 1 is 1.18 bits per heavy atom. The Morgan fingerprint density at radius 3 is 3.00 bits per heavy atom. The lowest BCUT2D eigenvalue weighted by molar-refractivity contribution is 1.22. The maximum absolute atomic E-state index is 4.26. The van der Waals surface area contributed by atoms with Crippen LogP contribution in [0.15, 0.2) is 24.7 Å².